The average Bonchev–Trinajstić information content (AvgIpc) is 2.28. The van der Waals surface area contributed by atoms with Crippen LogP contribution >= 0.6 is 0 Å². The molecule has 0 unspecified atom stereocenters. The first kappa shape index (κ1) is 13.3. The number of aromatic nitrogens is 1. The van der Waals surface area contributed by atoms with Gasteiger partial charge in [-0.25, -0.2) is 0 Å². The standard InChI is InChI=1S/C16H21GeN/c1-12-6-8-14(9-7-12)16-10-13(2)15(11-18-16)17(3,4)5/h6-11H,1-5H3. The van der Waals surface area contributed by atoms with Crippen molar-refractivity contribution in [2.45, 2.75) is 31.1 Å². The SMILES string of the molecule is Cc1ccc(-c2cc(C)[c]([Ge]([CH3])([CH3])[CH3])cn2)cc1. The summed E-state index contributed by atoms with van der Waals surface area (Å²) in [7, 11) is 0. The number of aryl methyl sites for hydroxylation is 2. The summed E-state index contributed by atoms with van der Waals surface area (Å²) < 4.78 is 1.51. The van der Waals surface area contributed by atoms with Crippen molar-refractivity contribution in [1.82, 2.24) is 4.98 Å². The Morgan fingerprint density at radius 2 is 1.56 bits per heavy atom. The molecule has 94 valence electrons. The molecule has 0 saturated heterocycles. The van der Waals surface area contributed by atoms with E-state index in [-0.39, 0.29) is 0 Å². The Morgan fingerprint density at radius 3 is 2.06 bits per heavy atom. The van der Waals surface area contributed by atoms with Crippen LogP contribution in [0.4, 0.5) is 0 Å². The van der Waals surface area contributed by atoms with E-state index in [4.69, 9.17) is 0 Å². The van der Waals surface area contributed by atoms with Gasteiger partial charge in [0, 0.05) is 0 Å². The Bertz CT molecular complexity index is 550. The third-order valence-corrected chi connectivity index (χ3v) is 7.75. The molecule has 0 aliphatic carbocycles. The van der Waals surface area contributed by atoms with Crippen molar-refractivity contribution in [3.05, 3.63) is 47.7 Å². The van der Waals surface area contributed by atoms with E-state index in [2.05, 4.69) is 72.6 Å². The summed E-state index contributed by atoms with van der Waals surface area (Å²) in [5.41, 5.74) is 4.98. The van der Waals surface area contributed by atoms with Gasteiger partial charge in [0.15, 0.2) is 0 Å². The molecule has 2 heteroatoms. The summed E-state index contributed by atoms with van der Waals surface area (Å²) in [5, 5.41) is 0. The Hall–Kier alpha value is -1.09. The average molecular weight is 300 g/mol. The maximum absolute atomic E-state index is 4.65. The van der Waals surface area contributed by atoms with E-state index in [0.717, 1.165) is 5.69 Å². The van der Waals surface area contributed by atoms with Gasteiger partial charge >= 0.3 is 113 Å². The van der Waals surface area contributed by atoms with Crippen molar-refractivity contribution in [3.63, 3.8) is 0 Å². The van der Waals surface area contributed by atoms with Crippen molar-refractivity contribution in [2.24, 2.45) is 0 Å². The van der Waals surface area contributed by atoms with E-state index in [1.807, 2.05) is 0 Å². The Morgan fingerprint density at radius 1 is 0.944 bits per heavy atom. The molecule has 0 N–H and O–H groups in total. The van der Waals surface area contributed by atoms with Crippen molar-refractivity contribution in [1.29, 1.82) is 0 Å². The number of benzene rings is 1. The number of pyridine rings is 1. The minimum atomic E-state index is -1.77. The molecule has 1 heterocycles. The third kappa shape index (κ3) is 2.83. The molecule has 2 rings (SSSR count). The van der Waals surface area contributed by atoms with E-state index >= 15 is 0 Å². The van der Waals surface area contributed by atoms with Gasteiger partial charge in [0.1, 0.15) is 0 Å². The van der Waals surface area contributed by atoms with Gasteiger partial charge in [-0.3, -0.25) is 0 Å². The normalized spacial score (nSPS) is 11.6. The molecule has 0 amide bonds. The molecule has 0 atom stereocenters. The van der Waals surface area contributed by atoms with Gasteiger partial charge in [-0.15, -0.1) is 0 Å². The zero-order valence-corrected chi connectivity index (χ0v) is 14.0. The zero-order valence-electron chi connectivity index (χ0n) is 11.9. The number of hydrogen-bond donors (Lipinski definition) is 0. The number of nitrogens with zero attached hydrogens (tertiary/aromatic N) is 1. The van der Waals surface area contributed by atoms with Crippen molar-refractivity contribution in [3.8, 4) is 11.3 Å². The first-order valence-electron chi connectivity index (χ1n) is 6.42. The second-order valence-electron chi connectivity index (χ2n) is 6.00. The first-order chi connectivity index (χ1) is 8.38. The van der Waals surface area contributed by atoms with Gasteiger partial charge in [0.05, 0.1) is 0 Å². The fourth-order valence-electron chi connectivity index (χ4n) is 2.22. The minimum absolute atomic E-state index is 1.09. The molecule has 0 radical (unpaired) electrons. The molecule has 1 nitrogen and oxygen atoms in total. The van der Waals surface area contributed by atoms with Gasteiger partial charge in [0.25, 0.3) is 0 Å². The first-order valence-corrected chi connectivity index (χ1v) is 13.8. The summed E-state index contributed by atoms with van der Waals surface area (Å²) in [4.78, 5) is 4.65. The summed E-state index contributed by atoms with van der Waals surface area (Å²) >= 11 is -1.77. The summed E-state index contributed by atoms with van der Waals surface area (Å²) in [6.45, 7) is 4.32. The van der Waals surface area contributed by atoms with Gasteiger partial charge < -0.3 is 0 Å². The van der Waals surface area contributed by atoms with Crippen LogP contribution in [-0.2, 0) is 0 Å². The molecular formula is C16H21GeN. The Labute approximate surface area is 113 Å². The second kappa shape index (κ2) is 4.89. The van der Waals surface area contributed by atoms with Crippen molar-refractivity contribution < 1.29 is 0 Å². The van der Waals surface area contributed by atoms with Crippen LogP contribution in [-0.4, -0.2) is 18.3 Å². The monoisotopic (exact) mass is 301 g/mol. The van der Waals surface area contributed by atoms with Crippen LogP contribution in [0.1, 0.15) is 11.1 Å². The van der Waals surface area contributed by atoms with Crippen LogP contribution < -0.4 is 4.40 Å². The van der Waals surface area contributed by atoms with Gasteiger partial charge in [-0.05, 0) is 0 Å². The molecule has 1 aromatic heterocycles. The van der Waals surface area contributed by atoms with Crippen LogP contribution in [0.5, 0.6) is 0 Å². The Balaban J connectivity index is 2.43. The van der Waals surface area contributed by atoms with E-state index in [0.29, 0.717) is 0 Å². The molecule has 0 aliphatic rings. The predicted molar refractivity (Wildman–Crippen MR) is 82.1 cm³/mol. The molecule has 2 aromatic rings. The topological polar surface area (TPSA) is 12.9 Å². The number of hydrogen-bond acceptors (Lipinski definition) is 1. The maximum atomic E-state index is 4.65. The zero-order chi connectivity index (χ0) is 13.3. The summed E-state index contributed by atoms with van der Waals surface area (Å²) in [5.74, 6) is 7.24. The molecular weight excluding hydrogens is 279 g/mol. The predicted octanol–water partition coefficient (Wildman–Crippen LogP) is 3.91. The molecule has 1 aromatic carbocycles. The fourth-order valence-corrected chi connectivity index (χ4v) is 5.80. The van der Waals surface area contributed by atoms with E-state index in [9.17, 15) is 0 Å². The quantitative estimate of drug-likeness (QED) is 0.766. The summed E-state index contributed by atoms with van der Waals surface area (Å²) in [6, 6.07) is 10.8. The van der Waals surface area contributed by atoms with Gasteiger partial charge in [-0.1, -0.05) is 0 Å². The fraction of sp³-hybridized carbons (Fsp3) is 0.312. The van der Waals surface area contributed by atoms with E-state index < -0.39 is 13.3 Å². The van der Waals surface area contributed by atoms with Crippen LogP contribution in [0.15, 0.2) is 36.5 Å². The third-order valence-electron chi connectivity index (χ3n) is 3.27. The molecule has 0 aliphatic heterocycles. The van der Waals surface area contributed by atoms with E-state index in [1.165, 1.54) is 21.1 Å². The van der Waals surface area contributed by atoms with Gasteiger partial charge in [-0.2, -0.15) is 0 Å². The number of rotatable bonds is 2. The summed E-state index contributed by atoms with van der Waals surface area (Å²) in [6.07, 6.45) is 2.10. The molecule has 0 bridgehead atoms. The van der Waals surface area contributed by atoms with Crippen LogP contribution in [0.2, 0.25) is 17.3 Å². The van der Waals surface area contributed by atoms with Crippen molar-refractivity contribution in [2.75, 3.05) is 0 Å². The second-order valence-corrected chi connectivity index (χ2v) is 16.6. The Kier molecular flexibility index (Phi) is 3.62. The van der Waals surface area contributed by atoms with Crippen LogP contribution in [0.25, 0.3) is 11.3 Å². The van der Waals surface area contributed by atoms with E-state index in [1.54, 1.807) is 0 Å². The molecule has 18 heavy (non-hydrogen) atoms. The van der Waals surface area contributed by atoms with Gasteiger partial charge in [0.2, 0.25) is 0 Å². The van der Waals surface area contributed by atoms with Crippen molar-refractivity contribution >= 4 is 17.7 Å². The molecule has 0 saturated carbocycles. The van der Waals surface area contributed by atoms with Crippen LogP contribution in [0, 0.1) is 13.8 Å². The molecule has 0 spiro atoms. The van der Waals surface area contributed by atoms with Crippen LogP contribution in [0.3, 0.4) is 0 Å². The molecule has 0 fully saturated rings.